The summed E-state index contributed by atoms with van der Waals surface area (Å²) in [6.07, 6.45) is 1.39. The number of hydrogen-bond donors (Lipinski definition) is 0. The lowest BCUT2D eigenvalue weighted by molar-refractivity contribution is 0.369. The second-order valence-corrected chi connectivity index (χ2v) is 6.76. The van der Waals surface area contributed by atoms with Crippen molar-refractivity contribution in [3.8, 4) is 11.4 Å². The van der Waals surface area contributed by atoms with Gasteiger partial charge in [-0.25, -0.2) is 4.98 Å². The average Bonchev–Trinajstić information content (AvgIpc) is 3.07. The fourth-order valence-electron chi connectivity index (χ4n) is 2.49. The number of nitrogens with zero attached hydrogens (tertiary/aromatic N) is 4. The van der Waals surface area contributed by atoms with Crippen molar-refractivity contribution in [2.24, 2.45) is 0 Å². The van der Waals surface area contributed by atoms with E-state index < -0.39 is 0 Å². The Hall–Kier alpha value is -2.41. The molecule has 2 aromatic heterocycles. The monoisotopic (exact) mass is 406 g/mol. The van der Waals surface area contributed by atoms with Crippen LogP contribution in [0.15, 0.2) is 52.0 Å². The minimum Gasteiger partial charge on any atom is -0.337 e. The third-order valence-corrected chi connectivity index (χ3v) is 4.48. The summed E-state index contributed by atoms with van der Waals surface area (Å²) in [7, 11) is 0. The van der Waals surface area contributed by atoms with Crippen LogP contribution in [0, 0.1) is 0 Å². The molecule has 0 saturated heterocycles. The minimum absolute atomic E-state index is 0.0759. The summed E-state index contributed by atoms with van der Waals surface area (Å²) in [6, 6.07) is 10.1. The van der Waals surface area contributed by atoms with Crippen LogP contribution in [-0.2, 0) is 6.54 Å². The van der Waals surface area contributed by atoms with Crippen molar-refractivity contribution in [1.82, 2.24) is 19.7 Å². The van der Waals surface area contributed by atoms with Crippen LogP contribution in [0.2, 0.25) is 15.1 Å². The molecule has 0 spiro atoms. The number of benzene rings is 2. The first-order valence-electron chi connectivity index (χ1n) is 7.44. The van der Waals surface area contributed by atoms with Gasteiger partial charge in [-0.15, -0.1) is 0 Å². The predicted molar refractivity (Wildman–Crippen MR) is 99.9 cm³/mol. The molecule has 0 saturated carbocycles. The average molecular weight is 408 g/mol. The van der Waals surface area contributed by atoms with Crippen LogP contribution in [0.25, 0.3) is 22.3 Å². The van der Waals surface area contributed by atoms with E-state index in [9.17, 15) is 4.79 Å². The van der Waals surface area contributed by atoms with Crippen LogP contribution in [0.1, 0.15) is 5.89 Å². The second kappa shape index (κ2) is 6.72. The molecular weight excluding hydrogens is 399 g/mol. The van der Waals surface area contributed by atoms with Crippen molar-refractivity contribution in [2.45, 2.75) is 6.54 Å². The zero-order valence-electron chi connectivity index (χ0n) is 13.0. The summed E-state index contributed by atoms with van der Waals surface area (Å²) >= 11 is 17.9. The molecule has 4 rings (SSSR count). The van der Waals surface area contributed by atoms with Crippen LogP contribution in [0.4, 0.5) is 0 Å². The Bertz CT molecular complexity index is 1170. The molecule has 0 amide bonds. The van der Waals surface area contributed by atoms with Gasteiger partial charge < -0.3 is 4.52 Å². The standard InChI is InChI=1S/C17H9Cl3N4O2/c18-10-3-1-9(2-4-10)16-22-14(26-23-16)7-24-8-21-15-12(17(24)25)5-11(19)6-13(15)20/h1-6,8H,7H2. The van der Waals surface area contributed by atoms with E-state index in [1.54, 1.807) is 30.3 Å². The van der Waals surface area contributed by atoms with Gasteiger partial charge in [-0.1, -0.05) is 40.0 Å². The Labute approximate surface area is 161 Å². The first-order valence-corrected chi connectivity index (χ1v) is 8.57. The van der Waals surface area contributed by atoms with E-state index in [0.717, 1.165) is 5.56 Å². The molecule has 26 heavy (non-hydrogen) atoms. The molecule has 6 nitrogen and oxygen atoms in total. The molecule has 0 N–H and O–H groups in total. The summed E-state index contributed by atoms with van der Waals surface area (Å²) in [4.78, 5) is 21.2. The first-order chi connectivity index (χ1) is 12.5. The molecule has 0 atom stereocenters. The third kappa shape index (κ3) is 3.19. The molecule has 0 bridgehead atoms. The maximum atomic E-state index is 12.7. The molecule has 0 fully saturated rings. The molecule has 2 aromatic carbocycles. The van der Waals surface area contributed by atoms with E-state index in [4.69, 9.17) is 39.3 Å². The highest BCUT2D eigenvalue weighted by atomic mass is 35.5. The molecule has 0 unspecified atom stereocenters. The van der Waals surface area contributed by atoms with Crippen molar-refractivity contribution >= 4 is 45.7 Å². The SMILES string of the molecule is O=c1c2cc(Cl)cc(Cl)c2ncn1Cc1nc(-c2ccc(Cl)cc2)no1. The van der Waals surface area contributed by atoms with Crippen LogP contribution in [-0.4, -0.2) is 19.7 Å². The van der Waals surface area contributed by atoms with Crippen molar-refractivity contribution in [1.29, 1.82) is 0 Å². The zero-order chi connectivity index (χ0) is 18.3. The van der Waals surface area contributed by atoms with Gasteiger partial charge in [0.25, 0.3) is 5.56 Å². The summed E-state index contributed by atoms with van der Waals surface area (Å²) in [5.74, 6) is 0.677. The van der Waals surface area contributed by atoms with Crippen LogP contribution >= 0.6 is 34.8 Å². The lowest BCUT2D eigenvalue weighted by Crippen LogP contribution is -2.21. The fourth-order valence-corrected chi connectivity index (χ4v) is 3.16. The quantitative estimate of drug-likeness (QED) is 0.501. The maximum absolute atomic E-state index is 12.7. The Kier molecular flexibility index (Phi) is 4.40. The van der Waals surface area contributed by atoms with Gasteiger partial charge in [0.1, 0.15) is 6.54 Å². The first kappa shape index (κ1) is 17.0. The van der Waals surface area contributed by atoms with Gasteiger partial charge >= 0.3 is 0 Å². The van der Waals surface area contributed by atoms with E-state index in [2.05, 4.69) is 15.1 Å². The third-order valence-electron chi connectivity index (χ3n) is 3.72. The van der Waals surface area contributed by atoms with Crippen molar-refractivity contribution in [2.75, 3.05) is 0 Å². The number of halogens is 3. The molecule has 130 valence electrons. The highest BCUT2D eigenvalue weighted by molar-refractivity contribution is 6.38. The summed E-state index contributed by atoms with van der Waals surface area (Å²) in [5.41, 5.74) is 0.849. The van der Waals surface area contributed by atoms with E-state index >= 15 is 0 Å². The number of aromatic nitrogens is 4. The molecule has 0 aliphatic carbocycles. The van der Waals surface area contributed by atoms with E-state index in [1.165, 1.54) is 17.0 Å². The Morgan fingerprint density at radius 2 is 1.81 bits per heavy atom. The van der Waals surface area contributed by atoms with E-state index in [0.29, 0.717) is 31.8 Å². The van der Waals surface area contributed by atoms with Gasteiger partial charge in [0.15, 0.2) is 0 Å². The fraction of sp³-hybridized carbons (Fsp3) is 0.0588. The van der Waals surface area contributed by atoms with Crippen LogP contribution < -0.4 is 5.56 Å². The number of fused-ring (bicyclic) bond motifs is 1. The topological polar surface area (TPSA) is 73.8 Å². The van der Waals surface area contributed by atoms with Gasteiger partial charge in [0, 0.05) is 15.6 Å². The van der Waals surface area contributed by atoms with E-state index in [1.807, 2.05) is 0 Å². The van der Waals surface area contributed by atoms with Crippen LogP contribution in [0.5, 0.6) is 0 Å². The van der Waals surface area contributed by atoms with Crippen molar-refractivity contribution in [3.05, 3.63) is 74.0 Å². The number of rotatable bonds is 3. The Morgan fingerprint density at radius 3 is 2.58 bits per heavy atom. The second-order valence-electron chi connectivity index (χ2n) is 5.48. The van der Waals surface area contributed by atoms with Crippen LogP contribution in [0.3, 0.4) is 0 Å². The molecule has 0 aliphatic rings. The molecule has 0 aliphatic heterocycles. The molecule has 2 heterocycles. The molecule has 9 heteroatoms. The lowest BCUT2D eigenvalue weighted by Gasteiger charge is -2.05. The number of hydrogen-bond acceptors (Lipinski definition) is 5. The minimum atomic E-state index is -0.300. The van der Waals surface area contributed by atoms with Gasteiger partial charge in [0.05, 0.1) is 22.3 Å². The maximum Gasteiger partial charge on any atom is 0.261 e. The lowest BCUT2D eigenvalue weighted by atomic mass is 10.2. The normalized spacial score (nSPS) is 11.2. The molecular formula is C17H9Cl3N4O2. The zero-order valence-corrected chi connectivity index (χ0v) is 15.3. The predicted octanol–water partition coefficient (Wildman–Crippen LogP) is 4.46. The highest BCUT2D eigenvalue weighted by Crippen LogP contribution is 2.24. The summed E-state index contributed by atoms with van der Waals surface area (Å²) in [6.45, 7) is 0.0759. The van der Waals surface area contributed by atoms with Gasteiger partial charge in [-0.2, -0.15) is 4.98 Å². The Morgan fingerprint density at radius 1 is 1.04 bits per heavy atom. The molecule has 0 radical (unpaired) electrons. The smallest absolute Gasteiger partial charge is 0.261 e. The summed E-state index contributed by atoms with van der Waals surface area (Å²) < 4.78 is 6.59. The summed E-state index contributed by atoms with van der Waals surface area (Å²) in [5, 5.41) is 5.54. The van der Waals surface area contributed by atoms with Crippen molar-refractivity contribution < 1.29 is 4.52 Å². The van der Waals surface area contributed by atoms with Gasteiger partial charge in [0.2, 0.25) is 11.7 Å². The Balaban J connectivity index is 1.69. The van der Waals surface area contributed by atoms with Gasteiger partial charge in [-0.3, -0.25) is 9.36 Å². The van der Waals surface area contributed by atoms with Crippen molar-refractivity contribution in [3.63, 3.8) is 0 Å². The van der Waals surface area contributed by atoms with Gasteiger partial charge in [-0.05, 0) is 36.4 Å². The van der Waals surface area contributed by atoms with E-state index in [-0.39, 0.29) is 18.0 Å². The highest BCUT2D eigenvalue weighted by Gasteiger charge is 2.13. The molecule has 4 aromatic rings. The largest absolute Gasteiger partial charge is 0.337 e.